The van der Waals surface area contributed by atoms with Crippen molar-refractivity contribution < 1.29 is 19.1 Å². The van der Waals surface area contributed by atoms with E-state index in [9.17, 15) is 9.59 Å². The molecule has 1 atom stereocenters. The van der Waals surface area contributed by atoms with Gasteiger partial charge in [0.05, 0.1) is 0 Å². The normalized spacial score (nSPS) is 14.1. The summed E-state index contributed by atoms with van der Waals surface area (Å²) in [6, 6.07) is 34.0. The highest BCUT2D eigenvalue weighted by Gasteiger charge is 2.27. The summed E-state index contributed by atoms with van der Waals surface area (Å²) in [6.45, 7) is 1.12. The number of ether oxygens (including phenoxy) is 2. The van der Waals surface area contributed by atoms with E-state index in [0.717, 1.165) is 11.1 Å². The van der Waals surface area contributed by atoms with Crippen LogP contribution in [-0.4, -0.2) is 29.4 Å². The first kappa shape index (κ1) is 23.2. The molecule has 6 nitrogen and oxygen atoms in total. The number of nitrogens with one attached hydrogen (secondary N) is 1. The molecule has 1 aliphatic heterocycles. The average molecular weight is 479 g/mol. The second-order valence-electron chi connectivity index (χ2n) is 8.56. The predicted molar refractivity (Wildman–Crippen MR) is 138 cm³/mol. The molecule has 0 unspecified atom stereocenters. The van der Waals surface area contributed by atoms with E-state index in [-0.39, 0.29) is 18.4 Å². The number of carbonyl (C=O) groups is 2. The minimum Gasteiger partial charge on any atom is -0.485 e. The summed E-state index contributed by atoms with van der Waals surface area (Å²) in [7, 11) is 0. The maximum Gasteiger partial charge on any atom is 0.269 e. The third-order valence-electron chi connectivity index (χ3n) is 5.92. The van der Waals surface area contributed by atoms with Crippen LogP contribution in [0, 0.1) is 0 Å². The van der Waals surface area contributed by atoms with Gasteiger partial charge in [0.1, 0.15) is 6.61 Å². The number of fused-ring (bicyclic) bond motifs is 1. The lowest BCUT2D eigenvalue weighted by Crippen LogP contribution is -2.40. The molecular weight excluding hydrogens is 452 g/mol. The smallest absolute Gasteiger partial charge is 0.269 e. The van der Waals surface area contributed by atoms with Crippen LogP contribution in [0.4, 0.5) is 5.69 Å². The molecule has 2 amide bonds. The first-order valence-electron chi connectivity index (χ1n) is 11.8. The Hall–Kier alpha value is -4.58. The van der Waals surface area contributed by atoms with Crippen LogP contribution in [0.15, 0.2) is 109 Å². The van der Waals surface area contributed by atoms with Crippen molar-refractivity contribution >= 4 is 17.5 Å². The van der Waals surface area contributed by atoms with Crippen LogP contribution in [0.5, 0.6) is 11.5 Å². The Bertz CT molecular complexity index is 1280. The fraction of sp³-hybridized carbons (Fsp3) is 0.133. The van der Waals surface area contributed by atoms with Crippen LogP contribution < -0.4 is 14.8 Å². The van der Waals surface area contributed by atoms with Gasteiger partial charge in [-0.25, -0.2) is 0 Å². The first-order chi connectivity index (χ1) is 17.7. The monoisotopic (exact) mass is 478 g/mol. The zero-order valence-electron chi connectivity index (χ0n) is 19.7. The molecule has 1 aliphatic rings. The molecule has 1 N–H and O–H groups in total. The quantitative estimate of drug-likeness (QED) is 0.391. The molecule has 4 aromatic carbocycles. The van der Waals surface area contributed by atoms with Crippen LogP contribution in [0.1, 0.15) is 21.5 Å². The molecule has 0 saturated heterocycles. The van der Waals surface area contributed by atoms with Gasteiger partial charge in [-0.3, -0.25) is 9.59 Å². The van der Waals surface area contributed by atoms with Crippen LogP contribution >= 0.6 is 0 Å². The highest BCUT2D eigenvalue weighted by atomic mass is 16.6. The van der Waals surface area contributed by atoms with Crippen LogP contribution in [0.25, 0.3) is 0 Å². The van der Waals surface area contributed by atoms with Crippen LogP contribution in [-0.2, 0) is 17.9 Å². The Labute approximate surface area is 210 Å². The van der Waals surface area contributed by atoms with E-state index in [1.165, 1.54) is 0 Å². The van der Waals surface area contributed by atoms with Gasteiger partial charge < -0.3 is 19.7 Å². The van der Waals surface area contributed by atoms with E-state index >= 15 is 0 Å². The largest absolute Gasteiger partial charge is 0.485 e. The van der Waals surface area contributed by atoms with Crippen LogP contribution in [0.2, 0.25) is 0 Å². The van der Waals surface area contributed by atoms with Crippen molar-refractivity contribution in [2.75, 3.05) is 11.9 Å². The van der Waals surface area contributed by atoms with Crippen molar-refractivity contribution in [3.63, 3.8) is 0 Å². The molecule has 5 rings (SSSR count). The van der Waals surface area contributed by atoms with E-state index < -0.39 is 6.10 Å². The number of amides is 2. The van der Waals surface area contributed by atoms with Gasteiger partial charge in [-0.1, -0.05) is 72.8 Å². The fourth-order valence-corrected chi connectivity index (χ4v) is 4.06. The van der Waals surface area contributed by atoms with E-state index in [4.69, 9.17) is 9.47 Å². The van der Waals surface area contributed by atoms with E-state index in [2.05, 4.69) is 5.32 Å². The Morgan fingerprint density at radius 2 is 1.28 bits per heavy atom. The Morgan fingerprint density at radius 3 is 1.89 bits per heavy atom. The van der Waals surface area contributed by atoms with Gasteiger partial charge in [-0.15, -0.1) is 0 Å². The zero-order valence-corrected chi connectivity index (χ0v) is 19.7. The number of carbonyl (C=O) groups excluding carboxylic acids is 2. The van der Waals surface area contributed by atoms with Gasteiger partial charge in [0.25, 0.3) is 11.8 Å². The number of benzene rings is 4. The van der Waals surface area contributed by atoms with Crippen molar-refractivity contribution in [2.45, 2.75) is 19.2 Å². The minimum atomic E-state index is -0.756. The molecule has 180 valence electrons. The molecule has 6 heteroatoms. The highest BCUT2D eigenvalue weighted by Crippen LogP contribution is 2.31. The summed E-state index contributed by atoms with van der Waals surface area (Å²) in [5.74, 6) is 0.779. The summed E-state index contributed by atoms with van der Waals surface area (Å²) in [4.78, 5) is 28.0. The number of rotatable bonds is 7. The van der Waals surface area contributed by atoms with E-state index in [1.54, 1.807) is 36.4 Å². The fourth-order valence-electron chi connectivity index (χ4n) is 4.06. The van der Waals surface area contributed by atoms with Crippen molar-refractivity contribution in [1.29, 1.82) is 0 Å². The summed E-state index contributed by atoms with van der Waals surface area (Å²) < 4.78 is 11.4. The number of hydrogen-bond acceptors (Lipinski definition) is 4. The molecular formula is C30H26N2O4. The molecule has 0 aromatic heterocycles. The number of hydrogen-bond donors (Lipinski definition) is 1. The van der Waals surface area contributed by atoms with Crippen LogP contribution in [0.3, 0.4) is 0 Å². The third kappa shape index (κ3) is 5.55. The molecule has 0 aliphatic carbocycles. The lowest BCUT2D eigenvalue weighted by atomic mass is 10.1. The second kappa shape index (κ2) is 10.8. The number of nitrogens with zero attached hydrogens (tertiary/aromatic N) is 1. The first-order valence-corrected chi connectivity index (χ1v) is 11.8. The number of para-hydroxylation sites is 2. The molecule has 0 radical (unpaired) electrons. The zero-order chi connectivity index (χ0) is 24.7. The summed E-state index contributed by atoms with van der Waals surface area (Å²) in [5, 5.41) is 2.85. The van der Waals surface area contributed by atoms with Gasteiger partial charge in [-0.05, 0) is 47.5 Å². The van der Waals surface area contributed by atoms with Crippen molar-refractivity contribution in [2.24, 2.45) is 0 Å². The second-order valence-corrected chi connectivity index (χ2v) is 8.56. The molecule has 0 bridgehead atoms. The Kier molecular flexibility index (Phi) is 6.94. The molecule has 36 heavy (non-hydrogen) atoms. The van der Waals surface area contributed by atoms with Gasteiger partial charge in [0.2, 0.25) is 6.10 Å². The Morgan fingerprint density at radius 1 is 0.722 bits per heavy atom. The summed E-state index contributed by atoms with van der Waals surface area (Å²) in [6.07, 6.45) is -0.756. The molecule has 0 fully saturated rings. The van der Waals surface area contributed by atoms with Crippen molar-refractivity contribution in [3.05, 3.63) is 126 Å². The predicted octanol–water partition coefficient (Wildman–Crippen LogP) is 5.31. The SMILES string of the molecule is O=C(Nc1ccc(C(=O)N(Cc2ccccc2)Cc2ccccc2)cc1)[C@H]1COc2ccccc2O1. The molecule has 1 heterocycles. The number of anilines is 1. The molecule has 0 saturated carbocycles. The summed E-state index contributed by atoms with van der Waals surface area (Å²) >= 11 is 0. The third-order valence-corrected chi connectivity index (χ3v) is 5.92. The van der Waals surface area contributed by atoms with Gasteiger partial charge in [0.15, 0.2) is 11.5 Å². The van der Waals surface area contributed by atoms with E-state index in [0.29, 0.717) is 35.8 Å². The molecule has 0 spiro atoms. The van der Waals surface area contributed by atoms with E-state index in [1.807, 2.05) is 77.7 Å². The standard InChI is InChI=1S/C30H26N2O4/c33-29(28-21-35-26-13-7-8-14-27(26)36-28)31-25-17-15-24(16-18-25)30(34)32(19-22-9-3-1-4-10-22)20-23-11-5-2-6-12-23/h1-18,28H,19-21H2,(H,31,33)/t28-/m1/s1. The average Bonchev–Trinajstić information content (AvgIpc) is 2.93. The summed E-state index contributed by atoms with van der Waals surface area (Å²) in [5.41, 5.74) is 3.24. The lowest BCUT2D eigenvalue weighted by molar-refractivity contribution is -0.125. The lowest BCUT2D eigenvalue weighted by Gasteiger charge is -2.25. The molecule has 4 aromatic rings. The van der Waals surface area contributed by atoms with Crippen molar-refractivity contribution in [3.8, 4) is 11.5 Å². The minimum absolute atomic E-state index is 0.0822. The maximum atomic E-state index is 13.5. The Balaban J connectivity index is 1.26. The van der Waals surface area contributed by atoms with Gasteiger partial charge in [-0.2, -0.15) is 0 Å². The van der Waals surface area contributed by atoms with Crippen molar-refractivity contribution in [1.82, 2.24) is 4.90 Å². The topological polar surface area (TPSA) is 67.9 Å². The van der Waals surface area contributed by atoms with Gasteiger partial charge >= 0.3 is 0 Å². The highest BCUT2D eigenvalue weighted by molar-refractivity contribution is 5.97. The maximum absolute atomic E-state index is 13.5. The van der Waals surface area contributed by atoms with Gasteiger partial charge in [0, 0.05) is 24.3 Å².